The summed E-state index contributed by atoms with van der Waals surface area (Å²) in [5, 5.41) is 19.5. The highest BCUT2D eigenvalue weighted by atomic mass is 35.5. The molecule has 2 rings (SSSR count). The molecule has 0 bridgehead atoms. The number of rotatable bonds is 15. The van der Waals surface area contributed by atoms with E-state index in [-0.39, 0.29) is 12.4 Å². The minimum Gasteiger partial charge on any atom is -0.395 e. The summed E-state index contributed by atoms with van der Waals surface area (Å²) in [7, 11) is 0. The number of halogens is 2. The van der Waals surface area contributed by atoms with Crippen LogP contribution in [-0.2, 0) is 0 Å². The van der Waals surface area contributed by atoms with E-state index in [0.717, 1.165) is 57.4 Å². The highest BCUT2D eigenvalue weighted by molar-refractivity contribution is 8.00. The third-order valence-electron chi connectivity index (χ3n) is 3.72. The first-order valence-corrected chi connectivity index (χ1v) is 11.1. The van der Waals surface area contributed by atoms with Gasteiger partial charge in [0.25, 0.3) is 0 Å². The first-order chi connectivity index (χ1) is 13.7. The largest absolute Gasteiger partial charge is 0.395 e. The predicted molar refractivity (Wildman–Crippen MR) is 116 cm³/mol. The maximum absolute atomic E-state index is 14.3. The zero-order chi connectivity index (χ0) is 20.0. The molecule has 1 heterocycles. The van der Waals surface area contributed by atoms with E-state index in [1.54, 1.807) is 6.07 Å². The predicted octanol–water partition coefficient (Wildman–Crippen LogP) is 3.20. The summed E-state index contributed by atoms with van der Waals surface area (Å²) in [5.41, 5.74) is 0.599. The minimum absolute atomic E-state index is 0.178. The van der Waals surface area contributed by atoms with E-state index in [1.165, 1.54) is 23.9 Å². The van der Waals surface area contributed by atoms with Gasteiger partial charge in [-0.1, -0.05) is 11.6 Å². The number of aromatic nitrogens is 2. The molecule has 0 aliphatic carbocycles. The van der Waals surface area contributed by atoms with Crippen LogP contribution in [0.15, 0.2) is 23.4 Å². The van der Waals surface area contributed by atoms with Crippen LogP contribution in [0.3, 0.4) is 0 Å². The molecule has 2 aromatic rings. The Morgan fingerprint density at radius 3 is 2.57 bits per heavy atom. The molecule has 0 saturated heterocycles. The molecule has 0 fully saturated rings. The second-order valence-corrected chi connectivity index (χ2v) is 7.96. The lowest BCUT2D eigenvalue weighted by molar-refractivity contribution is 0.292. The van der Waals surface area contributed by atoms with Gasteiger partial charge in [-0.05, 0) is 63.0 Å². The minimum atomic E-state index is -0.342. The summed E-state index contributed by atoms with van der Waals surface area (Å²) < 4.78 is 21.1. The van der Waals surface area contributed by atoms with Crippen molar-refractivity contribution in [2.24, 2.45) is 0 Å². The molecule has 5 N–H and O–H groups in total. The van der Waals surface area contributed by atoms with Crippen molar-refractivity contribution in [3.8, 4) is 0 Å². The van der Waals surface area contributed by atoms with Crippen LogP contribution in [0, 0.1) is 5.82 Å². The lowest BCUT2D eigenvalue weighted by Gasteiger charge is -2.11. The van der Waals surface area contributed by atoms with Crippen molar-refractivity contribution in [1.82, 2.24) is 20.0 Å². The Kier molecular flexibility index (Phi) is 11.5. The smallest absolute Gasteiger partial charge is 0.212 e. The summed E-state index contributed by atoms with van der Waals surface area (Å²) >= 11 is 8.59. The molecule has 0 radical (unpaired) electrons. The van der Waals surface area contributed by atoms with Gasteiger partial charge < -0.3 is 25.8 Å². The van der Waals surface area contributed by atoms with Gasteiger partial charge in [0.1, 0.15) is 12.1 Å². The van der Waals surface area contributed by atoms with Gasteiger partial charge in [-0.25, -0.2) is 9.37 Å². The van der Waals surface area contributed by atoms with Crippen molar-refractivity contribution in [3.63, 3.8) is 0 Å². The van der Waals surface area contributed by atoms with Crippen LogP contribution in [0.25, 0.3) is 0 Å². The lowest BCUT2D eigenvalue weighted by atomic mass is 10.2. The number of benzene rings is 1. The maximum atomic E-state index is 14.3. The van der Waals surface area contributed by atoms with Crippen molar-refractivity contribution in [2.45, 2.75) is 24.2 Å². The molecule has 28 heavy (non-hydrogen) atoms. The van der Waals surface area contributed by atoms with Crippen LogP contribution in [0.4, 0.5) is 15.2 Å². The molecule has 0 unspecified atom stereocenters. The molecule has 156 valence electrons. The highest BCUT2D eigenvalue weighted by Crippen LogP contribution is 2.31. The van der Waals surface area contributed by atoms with Gasteiger partial charge in [0.05, 0.1) is 22.2 Å². The summed E-state index contributed by atoms with van der Waals surface area (Å²) in [4.78, 5) is 4.39. The molecule has 0 amide bonds. The van der Waals surface area contributed by atoms with Crippen molar-refractivity contribution in [1.29, 1.82) is 0 Å². The van der Waals surface area contributed by atoms with E-state index in [1.807, 2.05) is 0 Å². The van der Waals surface area contributed by atoms with Crippen LogP contribution < -0.4 is 20.7 Å². The van der Waals surface area contributed by atoms with Crippen LogP contribution in [0.5, 0.6) is 0 Å². The van der Waals surface area contributed by atoms with Gasteiger partial charge in [-0.15, -0.1) is 0 Å². The van der Waals surface area contributed by atoms with Gasteiger partial charge in [-0.2, -0.15) is 4.37 Å². The Hall–Kier alpha value is -1.17. The summed E-state index contributed by atoms with van der Waals surface area (Å²) in [6.07, 6.45) is 4.46. The van der Waals surface area contributed by atoms with Crippen molar-refractivity contribution in [2.75, 3.05) is 49.4 Å². The fourth-order valence-corrected chi connectivity index (χ4v) is 3.77. The van der Waals surface area contributed by atoms with E-state index in [4.69, 9.17) is 16.7 Å². The standard InChI is InChI=1S/C17H26ClFN6OS2/c18-13-10-16(27-25-17-23-12-24-28-17)14(19)11-15(13)22-7-2-1-4-20-5-3-6-21-8-9-26/h10-12,20-22,26H,1-9H2,(H,23,24,25). The first kappa shape index (κ1) is 23.1. The SMILES string of the molecule is OCCNCCCNCCCCNc1cc(F)c(SNc2ncns2)cc1Cl. The average molecular weight is 449 g/mol. The first-order valence-electron chi connectivity index (χ1n) is 9.15. The lowest BCUT2D eigenvalue weighted by Crippen LogP contribution is -2.24. The molecular formula is C17H26ClFN6OS2. The molecule has 1 aromatic heterocycles. The molecule has 0 atom stereocenters. The molecule has 11 heteroatoms. The van der Waals surface area contributed by atoms with Gasteiger partial charge >= 0.3 is 0 Å². The monoisotopic (exact) mass is 448 g/mol. The molecule has 0 aliphatic heterocycles. The topological polar surface area (TPSA) is 94.1 Å². The quantitative estimate of drug-likeness (QED) is 0.209. The maximum Gasteiger partial charge on any atom is 0.212 e. The van der Waals surface area contributed by atoms with E-state index < -0.39 is 0 Å². The van der Waals surface area contributed by atoms with E-state index in [2.05, 4.69) is 30.0 Å². The van der Waals surface area contributed by atoms with Gasteiger partial charge in [0.15, 0.2) is 0 Å². The Balaban J connectivity index is 1.60. The Morgan fingerprint density at radius 1 is 1.07 bits per heavy atom. The number of anilines is 2. The number of nitrogens with one attached hydrogen (secondary N) is 4. The average Bonchev–Trinajstić information content (AvgIpc) is 3.21. The zero-order valence-electron chi connectivity index (χ0n) is 15.5. The Labute approximate surface area is 178 Å². The second kappa shape index (κ2) is 13.9. The summed E-state index contributed by atoms with van der Waals surface area (Å²) in [6.45, 7) is 4.35. The number of aliphatic hydroxyl groups is 1. The van der Waals surface area contributed by atoms with Gasteiger partial charge in [0.2, 0.25) is 5.13 Å². The van der Waals surface area contributed by atoms with E-state index >= 15 is 0 Å². The highest BCUT2D eigenvalue weighted by Gasteiger charge is 2.10. The van der Waals surface area contributed by atoms with Crippen molar-refractivity contribution in [3.05, 3.63) is 29.3 Å². The van der Waals surface area contributed by atoms with Gasteiger partial charge in [0, 0.05) is 24.6 Å². The number of hydrogen-bond acceptors (Lipinski definition) is 9. The Morgan fingerprint density at radius 2 is 1.82 bits per heavy atom. The van der Waals surface area contributed by atoms with Crippen LogP contribution >= 0.6 is 35.1 Å². The molecule has 0 aliphatic rings. The number of aliphatic hydroxyl groups excluding tert-OH is 1. The number of nitrogens with zero attached hydrogens (tertiary/aromatic N) is 2. The van der Waals surface area contributed by atoms with Crippen LogP contribution in [0.2, 0.25) is 5.02 Å². The normalized spacial score (nSPS) is 11.0. The molecule has 0 saturated carbocycles. The molecule has 0 spiro atoms. The van der Waals surface area contributed by atoms with E-state index in [0.29, 0.717) is 27.3 Å². The van der Waals surface area contributed by atoms with Crippen LogP contribution in [0.1, 0.15) is 19.3 Å². The molecule has 7 nitrogen and oxygen atoms in total. The third kappa shape index (κ3) is 8.89. The summed E-state index contributed by atoms with van der Waals surface area (Å²) in [5.74, 6) is -0.342. The fraction of sp³-hybridized carbons (Fsp3) is 0.529. The van der Waals surface area contributed by atoms with Crippen molar-refractivity contribution >= 4 is 45.9 Å². The second-order valence-electron chi connectivity index (χ2n) is 5.92. The number of hydrogen-bond donors (Lipinski definition) is 5. The molecular weight excluding hydrogens is 423 g/mol. The Bertz CT molecular complexity index is 680. The number of unbranched alkanes of at least 4 members (excludes halogenated alkanes) is 1. The third-order valence-corrected chi connectivity index (χ3v) is 5.57. The van der Waals surface area contributed by atoms with Gasteiger partial charge in [-0.3, -0.25) is 0 Å². The van der Waals surface area contributed by atoms with E-state index in [9.17, 15) is 4.39 Å². The fourth-order valence-electron chi connectivity index (χ4n) is 2.32. The van der Waals surface area contributed by atoms with Crippen molar-refractivity contribution < 1.29 is 9.50 Å². The molecule has 1 aromatic carbocycles. The summed E-state index contributed by atoms with van der Waals surface area (Å²) in [6, 6.07) is 3.02. The zero-order valence-corrected chi connectivity index (χ0v) is 17.9. The van der Waals surface area contributed by atoms with Crippen LogP contribution in [-0.4, -0.2) is 53.8 Å².